The zero-order chi connectivity index (χ0) is 20.6. The Kier molecular flexibility index (Phi) is 7.75. The van der Waals surface area contributed by atoms with E-state index in [1.54, 1.807) is 19.2 Å². The van der Waals surface area contributed by atoms with Crippen LogP contribution in [-0.2, 0) is 6.54 Å². The second kappa shape index (κ2) is 10.5. The first-order valence-electron chi connectivity index (χ1n) is 10.1. The van der Waals surface area contributed by atoms with Gasteiger partial charge in [-0.05, 0) is 59.5 Å². The Morgan fingerprint density at radius 1 is 1.21 bits per heavy atom. The molecule has 0 saturated carbocycles. The van der Waals surface area contributed by atoms with E-state index >= 15 is 0 Å². The van der Waals surface area contributed by atoms with Gasteiger partial charge in [-0.1, -0.05) is 18.9 Å². The maximum absolute atomic E-state index is 12.6. The van der Waals surface area contributed by atoms with Crippen molar-refractivity contribution in [1.29, 1.82) is 0 Å². The molecule has 7 heteroatoms. The summed E-state index contributed by atoms with van der Waals surface area (Å²) in [5.41, 5.74) is 1.47. The number of hydrogen-bond donors (Lipinski definition) is 1. The van der Waals surface area contributed by atoms with Crippen molar-refractivity contribution >= 4 is 27.7 Å². The van der Waals surface area contributed by atoms with Gasteiger partial charge in [-0.2, -0.15) is 0 Å². The highest BCUT2D eigenvalue weighted by atomic mass is 79.9. The third-order valence-corrected chi connectivity index (χ3v) is 5.56. The van der Waals surface area contributed by atoms with Crippen molar-refractivity contribution in [2.24, 2.45) is 0 Å². The fraction of sp³-hybridized carbons (Fsp3) is 0.455. The van der Waals surface area contributed by atoms with Crippen molar-refractivity contribution in [3.63, 3.8) is 0 Å². The number of amides is 1. The fourth-order valence-electron chi connectivity index (χ4n) is 3.43. The van der Waals surface area contributed by atoms with Crippen LogP contribution in [0.4, 0.5) is 5.82 Å². The Bertz CT molecular complexity index is 819. The van der Waals surface area contributed by atoms with Crippen molar-refractivity contribution in [2.45, 2.75) is 39.2 Å². The van der Waals surface area contributed by atoms with E-state index in [0.717, 1.165) is 24.5 Å². The van der Waals surface area contributed by atoms with Crippen LogP contribution in [0.5, 0.6) is 11.5 Å². The summed E-state index contributed by atoms with van der Waals surface area (Å²) in [6.07, 6.45) is 6.89. The summed E-state index contributed by atoms with van der Waals surface area (Å²) in [4.78, 5) is 19.5. The number of anilines is 1. The summed E-state index contributed by atoms with van der Waals surface area (Å²) in [5.74, 6) is 1.96. The largest absolute Gasteiger partial charge is 0.493 e. The highest BCUT2D eigenvalue weighted by molar-refractivity contribution is 9.10. The summed E-state index contributed by atoms with van der Waals surface area (Å²) < 4.78 is 11.6. The maximum Gasteiger partial charge on any atom is 0.251 e. The molecule has 1 fully saturated rings. The first kappa shape index (κ1) is 21.4. The van der Waals surface area contributed by atoms with Gasteiger partial charge in [-0.25, -0.2) is 4.98 Å². The molecule has 0 atom stereocenters. The standard InChI is InChI=1S/C22H28BrN3O3/c1-3-29-21-18(23)12-17(13-19(21)28-2)22(27)25-15-16-8-9-20(24-14-16)26-10-6-4-5-7-11-26/h8-9,12-14H,3-7,10-11,15H2,1-2H3,(H,25,27). The van der Waals surface area contributed by atoms with E-state index in [2.05, 4.69) is 31.1 Å². The second-order valence-electron chi connectivity index (χ2n) is 7.03. The molecular formula is C22H28BrN3O3. The van der Waals surface area contributed by atoms with E-state index in [9.17, 15) is 4.79 Å². The number of carbonyl (C=O) groups is 1. The van der Waals surface area contributed by atoms with Gasteiger partial charge in [-0.15, -0.1) is 0 Å². The Morgan fingerprint density at radius 2 is 1.97 bits per heavy atom. The maximum atomic E-state index is 12.6. The van der Waals surface area contributed by atoms with Gasteiger partial charge < -0.3 is 19.7 Å². The van der Waals surface area contributed by atoms with Crippen LogP contribution in [0.3, 0.4) is 0 Å². The molecule has 0 radical (unpaired) electrons. The molecular weight excluding hydrogens is 434 g/mol. The van der Waals surface area contributed by atoms with Gasteiger partial charge in [0.1, 0.15) is 5.82 Å². The lowest BCUT2D eigenvalue weighted by Gasteiger charge is -2.21. The number of carbonyl (C=O) groups excluding carboxylic acids is 1. The molecule has 1 aromatic heterocycles. The highest BCUT2D eigenvalue weighted by Gasteiger charge is 2.16. The monoisotopic (exact) mass is 461 g/mol. The average Bonchev–Trinajstić information content (AvgIpc) is 3.03. The van der Waals surface area contributed by atoms with Gasteiger partial charge in [-0.3, -0.25) is 4.79 Å². The van der Waals surface area contributed by atoms with E-state index in [4.69, 9.17) is 9.47 Å². The molecule has 1 aliphatic heterocycles. The van der Waals surface area contributed by atoms with E-state index < -0.39 is 0 Å². The number of benzene rings is 1. The molecule has 0 aliphatic carbocycles. The average molecular weight is 462 g/mol. The minimum Gasteiger partial charge on any atom is -0.493 e. The number of pyridine rings is 1. The van der Waals surface area contributed by atoms with Crippen LogP contribution in [0.1, 0.15) is 48.5 Å². The fourth-order valence-corrected chi connectivity index (χ4v) is 3.98. The molecule has 156 valence electrons. The number of rotatable bonds is 7. The molecule has 0 spiro atoms. The zero-order valence-corrected chi connectivity index (χ0v) is 18.6. The Morgan fingerprint density at radius 3 is 2.59 bits per heavy atom. The molecule has 2 heterocycles. The van der Waals surface area contributed by atoms with Crippen LogP contribution in [0.15, 0.2) is 34.9 Å². The van der Waals surface area contributed by atoms with E-state index in [1.807, 2.05) is 25.3 Å². The summed E-state index contributed by atoms with van der Waals surface area (Å²) in [5, 5.41) is 2.94. The smallest absolute Gasteiger partial charge is 0.251 e. The van der Waals surface area contributed by atoms with Crippen molar-refractivity contribution < 1.29 is 14.3 Å². The van der Waals surface area contributed by atoms with Crippen molar-refractivity contribution in [3.05, 3.63) is 46.1 Å². The molecule has 0 unspecified atom stereocenters. The number of aromatic nitrogens is 1. The second-order valence-corrected chi connectivity index (χ2v) is 7.89. The van der Waals surface area contributed by atoms with Gasteiger partial charge in [0.15, 0.2) is 11.5 Å². The number of nitrogens with zero attached hydrogens (tertiary/aromatic N) is 2. The first-order valence-corrected chi connectivity index (χ1v) is 10.9. The van der Waals surface area contributed by atoms with Crippen molar-refractivity contribution in [3.8, 4) is 11.5 Å². The van der Waals surface area contributed by atoms with Crippen LogP contribution in [0, 0.1) is 0 Å². The molecule has 29 heavy (non-hydrogen) atoms. The van der Waals surface area contributed by atoms with E-state index in [1.165, 1.54) is 25.7 Å². The number of ether oxygens (including phenoxy) is 2. The lowest BCUT2D eigenvalue weighted by molar-refractivity contribution is 0.0950. The Balaban J connectivity index is 1.62. The quantitative estimate of drug-likeness (QED) is 0.654. The summed E-state index contributed by atoms with van der Waals surface area (Å²) in [6, 6.07) is 7.50. The van der Waals surface area contributed by atoms with Crippen molar-refractivity contribution in [1.82, 2.24) is 10.3 Å². The van der Waals surface area contributed by atoms with Crippen molar-refractivity contribution in [2.75, 3.05) is 31.7 Å². The SMILES string of the molecule is CCOc1c(Br)cc(C(=O)NCc2ccc(N3CCCCCC3)nc2)cc1OC. The number of methoxy groups -OCH3 is 1. The number of hydrogen-bond acceptors (Lipinski definition) is 5. The first-order chi connectivity index (χ1) is 14.1. The molecule has 2 aromatic rings. The van der Waals surface area contributed by atoms with Crippen LogP contribution in [0.25, 0.3) is 0 Å². The number of halogens is 1. The predicted molar refractivity (Wildman–Crippen MR) is 118 cm³/mol. The van der Waals surface area contributed by atoms with E-state index in [0.29, 0.717) is 34.7 Å². The highest BCUT2D eigenvalue weighted by Crippen LogP contribution is 2.36. The molecule has 1 amide bonds. The zero-order valence-electron chi connectivity index (χ0n) is 17.0. The predicted octanol–water partition coefficient (Wildman–Crippen LogP) is 4.56. The van der Waals surface area contributed by atoms with Crippen LogP contribution < -0.4 is 19.7 Å². The third kappa shape index (κ3) is 5.63. The summed E-state index contributed by atoms with van der Waals surface area (Å²) in [7, 11) is 1.56. The lowest BCUT2D eigenvalue weighted by atomic mass is 10.1. The van der Waals surface area contributed by atoms with Gasteiger partial charge in [0.2, 0.25) is 0 Å². The summed E-state index contributed by atoms with van der Waals surface area (Å²) in [6.45, 7) is 4.97. The molecule has 3 rings (SSSR count). The molecule has 1 aromatic carbocycles. The van der Waals surface area contributed by atoms with Gasteiger partial charge in [0.25, 0.3) is 5.91 Å². The molecule has 1 aliphatic rings. The van der Waals surface area contributed by atoms with Gasteiger partial charge in [0.05, 0.1) is 18.2 Å². The Labute approximate surface area is 180 Å². The van der Waals surface area contributed by atoms with Crippen LogP contribution >= 0.6 is 15.9 Å². The third-order valence-electron chi connectivity index (χ3n) is 4.97. The summed E-state index contributed by atoms with van der Waals surface area (Å²) >= 11 is 3.46. The minimum absolute atomic E-state index is 0.177. The molecule has 6 nitrogen and oxygen atoms in total. The molecule has 0 bridgehead atoms. The molecule has 1 saturated heterocycles. The van der Waals surface area contributed by atoms with Crippen LogP contribution in [0.2, 0.25) is 0 Å². The van der Waals surface area contributed by atoms with Gasteiger partial charge >= 0.3 is 0 Å². The molecule has 1 N–H and O–H groups in total. The van der Waals surface area contributed by atoms with Crippen LogP contribution in [-0.4, -0.2) is 37.7 Å². The normalized spacial score (nSPS) is 14.2. The topological polar surface area (TPSA) is 63.7 Å². The minimum atomic E-state index is -0.177. The number of nitrogens with one attached hydrogen (secondary N) is 1. The van der Waals surface area contributed by atoms with E-state index in [-0.39, 0.29) is 5.91 Å². The Hall–Kier alpha value is -2.28. The van der Waals surface area contributed by atoms with Gasteiger partial charge in [0, 0.05) is 31.4 Å². The lowest BCUT2D eigenvalue weighted by Crippen LogP contribution is -2.25.